The molecule has 1 aromatic heterocycles. The summed E-state index contributed by atoms with van der Waals surface area (Å²) in [6, 6.07) is 1.78. The van der Waals surface area contributed by atoms with E-state index >= 15 is 0 Å². The zero-order valence-corrected chi connectivity index (χ0v) is 7.20. The van der Waals surface area contributed by atoms with Crippen molar-refractivity contribution in [3.05, 3.63) is 16.2 Å². The van der Waals surface area contributed by atoms with Gasteiger partial charge in [0.25, 0.3) is 5.82 Å². The maximum Gasteiger partial charge on any atom is 0.293 e. The number of halogens is 1. The van der Waals surface area contributed by atoms with E-state index in [2.05, 4.69) is 20.9 Å². The van der Waals surface area contributed by atoms with Gasteiger partial charge in [-0.3, -0.25) is 5.73 Å². The summed E-state index contributed by atoms with van der Waals surface area (Å²) >= 11 is 3.31. The van der Waals surface area contributed by atoms with Crippen LogP contribution >= 0.6 is 15.9 Å². The van der Waals surface area contributed by atoms with E-state index in [1.54, 1.807) is 6.07 Å². The molecule has 0 aromatic carbocycles. The van der Waals surface area contributed by atoms with Crippen molar-refractivity contribution in [1.82, 2.24) is 0 Å². The van der Waals surface area contributed by atoms with Crippen molar-refractivity contribution < 1.29 is 4.98 Å². The standard InChI is InChI=1S/C6H8BrN3/c1-3-4(7)2-5(8)6(9)10-3/h2H,8H2,1H3,(H2,9,10)/p+1. The quantitative estimate of drug-likeness (QED) is 0.652. The lowest BCUT2D eigenvalue weighted by molar-refractivity contribution is -0.370. The molecule has 1 heterocycles. The second kappa shape index (κ2) is 2.46. The number of rotatable bonds is 0. The van der Waals surface area contributed by atoms with Gasteiger partial charge >= 0.3 is 0 Å². The number of aromatic nitrogens is 1. The fourth-order valence-corrected chi connectivity index (χ4v) is 1.00. The Morgan fingerprint density at radius 3 is 2.60 bits per heavy atom. The van der Waals surface area contributed by atoms with Crippen LogP contribution < -0.4 is 16.5 Å². The summed E-state index contributed by atoms with van der Waals surface area (Å²) in [7, 11) is 0. The molecule has 0 atom stereocenters. The van der Waals surface area contributed by atoms with E-state index in [4.69, 9.17) is 11.5 Å². The molecule has 0 bridgehead atoms. The Morgan fingerprint density at radius 2 is 2.10 bits per heavy atom. The molecule has 0 aliphatic carbocycles. The molecular weight excluding hydrogens is 194 g/mol. The molecule has 1 aromatic rings. The van der Waals surface area contributed by atoms with E-state index in [0.717, 1.165) is 10.2 Å². The van der Waals surface area contributed by atoms with Gasteiger partial charge in [-0.1, -0.05) is 0 Å². The molecule has 5 N–H and O–H groups in total. The first-order chi connectivity index (χ1) is 4.61. The summed E-state index contributed by atoms with van der Waals surface area (Å²) in [6.07, 6.45) is 0. The van der Waals surface area contributed by atoms with Crippen molar-refractivity contribution in [2.45, 2.75) is 6.92 Å². The number of aromatic amines is 1. The summed E-state index contributed by atoms with van der Waals surface area (Å²) in [5.74, 6) is 0.515. The minimum absolute atomic E-state index is 0.515. The highest BCUT2D eigenvalue weighted by atomic mass is 79.9. The molecule has 4 heteroatoms. The molecule has 0 saturated heterocycles. The molecule has 10 heavy (non-hydrogen) atoms. The van der Waals surface area contributed by atoms with Crippen LogP contribution in [0.2, 0.25) is 0 Å². The van der Waals surface area contributed by atoms with E-state index in [1.807, 2.05) is 6.92 Å². The number of aryl methyl sites for hydroxylation is 1. The number of pyridine rings is 1. The van der Waals surface area contributed by atoms with Crippen molar-refractivity contribution in [2.24, 2.45) is 0 Å². The van der Waals surface area contributed by atoms with Gasteiger partial charge in [-0.05, 0) is 28.9 Å². The molecule has 54 valence electrons. The maximum atomic E-state index is 5.50. The number of anilines is 2. The highest BCUT2D eigenvalue weighted by molar-refractivity contribution is 9.10. The van der Waals surface area contributed by atoms with Gasteiger partial charge in [0, 0.05) is 0 Å². The highest BCUT2D eigenvalue weighted by Crippen LogP contribution is 2.17. The highest BCUT2D eigenvalue weighted by Gasteiger charge is 2.04. The third kappa shape index (κ3) is 1.21. The zero-order chi connectivity index (χ0) is 7.72. The minimum atomic E-state index is 0.515. The Bertz CT molecular complexity index is 209. The average Bonchev–Trinajstić information content (AvgIpc) is 1.84. The number of hydrogen-bond acceptors (Lipinski definition) is 2. The van der Waals surface area contributed by atoms with Crippen LogP contribution in [0.3, 0.4) is 0 Å². The van der Waals surface area contributed by atoms with Crippen LogP contribution in [-0.4, -0.2) is 0 Å². The molecule has 0 spiro atoms. The maximum absolute atomic E-state index is 5.50. The van der Waals surface area contributed by atoms with Gasteiger partial charge < -0.3 is 5.73 Å². The first-order valence-electron chi connectivity index (χ1n) is 2.84. The van der Waals surface area contributed by atoms with E-state index in [1.165, 1.54) is 0 Å². The second-order valence-electron chi connectivity index (χ2n) is 2.11. The normalized spacial score (nSPS) is 9.80. The molecule has 0 unspecified atom stereocenters. The molecule has 0 aliphatic heterocycles. The topological polar surface area (TPSA) is 66.2 Å². The zero-order valence-electron chi connectivity index (χ0n) is 5.61. The van der Waals surface area contributed by atoms with Gasteiger partial charge in [-0.15, -0.1) is 0 Å². The first kappa shape index (κ1) is 7.34. The Labute approximate surface area is 67.6 Å². The largest absolute Gasteiger partial charge is 0.392 e. The van der Waals surface area contributed by atoms with Crippen molar-refractivity contribution in [3.63, 3.8) is 0 Å². The van der Waals surface area contributed by atoms with Crippen LogP contribution in [0, 0.1) is 6.92 Å². The van der Waals surface area contributed by atoms with Gasteiger partial charge in [0.2, 0.25) is 0 Å². The molecule has 0 saturated carbocycles. The van der Waals surface area contributed by atoms with Crippen molar-refractivity contribution in [3.8, 4) is 0 Å². The van der Waals surface area contributed by atoms with Crippen LogP contribution in [0.25, 0.3) is 0 Å². The third-order valence-corrected chi connectivity index (χ3v) is 2.10. The monoisotopic (exact) mass is 202 g/mol. The van der Waals surface area contributed by atoms with Crippen LogP contribution in [0.1, 0.15) is 5.69 Å². The fraction of sp³-hybridized carbons (Fsp3) is 0.167. The van der Waals surface area contributed by atoms with Gasteiger partial charge in [-0.25, -0.2) is 4.98 Å². The van der Waals surface area contributed by atoms with Gasteiger partial charge in [0.15, 0.2) is 0 Å². The Hall–Kier alpha value is -0.770. The number of hydrogen-bond donors (Lipinski definition) is 2. The summed E-state index contributed by atoms with van der Waals surface area (Å²) in [5, 5.41) is 0. The van der Waals surface area contributed by atoms with E-state index in [0.29, 0.717) is 11.5 Å². The molecule has 3 nitrogen and oxygen atoms in total. The first-order valence-corrected chi connectivity index (χ1v) is 3.64. The minimum Gasteiger partial charge on any atom is -0.392 e. The van der Waals surface area contributed by atoms with Crippen LogP contribution in [0.4, 0.5) is 11.5 Å². The number of nitrogens with one attached hydrogen (secondary N) is 1. The lowest BCUT2D eigenvalue weighted by atomic mass is 10.3. The molecule has 0 fully saturated rings. The predicted octanol–water partition coefficient (Wildman–Crippen LogP) is 0.736. The van der Waals surface area contributed by atoms with E-state index in [-0.39, 0.29) is 0 Å². The lowest BCUT2D eigenvalue weighted by Gasteiger charge is -1.96. The van der Waals surface area contributed by atoms with Crippen molar-refractivity contribution in [2.75, 3.05) is 11.5 Å². The Morgan fingerprint density at radius 1 is 1.50 bits per heavy atom. The van der Waals surface area contributed by atoms with Crippen molar-refractivity contribution in [1.29, 1.82) is 0 Å². The molecule has 0 radical (unpaired) electrons. The van der Waals surface area contributed by atoms with Gasteiger partial charge in [0.1, 0.15) is 11.4 Å². The summed E-state index contributed by atoms with van der Waals surface area (Å²) in [4.78, 5) is 2.91. The smallest absolute Gasteiger partial charge is 0.293 e. The second-order valence-corrected chi connectivity index (χ2v) is 2.97. The number of nitrogen functional groups attached to an aromatic ring is 2. The number of nitrogens with two attached hydrogens (primary N) is 2. The summed E-state index contributed by atoms with van der Waals surface area (Å²) in [5.41, 5.74) is 12.5. The number of H-pyrrole nitrogens is 1. The van der Waals surface area contributed by atoms with E-state index < -0.39 is 0 Å². The summed E-state index contributed by atoms with van der Waals surface area (Å²) in [6.45, 7) is 1.92. The fourth-order valence-electron chi connectivity index (χ4n) is 0.656. The SMILES string of the molecule is Cc1[nH+]c(N)c(N)cc1Br. The Kier molecular flexibility index (Phi) is 1.80. The van der Waals surface area contributed by atoms with Gasteiger partial charge in [0.05, 0.1) is 4.47 Å². The van der Waals surface area contributed by atoms with E-state index in [9.17, 15) is 0 Å². The third-order valence-electron chi connectivity index (χ3n) is 1.27. The van der Waals surface area contributed by atoms with Crippen LogP contribution in [0.5, 0.6) is 0 Å². The lowest BCUT2D eigenvalue weighted by Crippen LogP contribution is -2.16. The molecular formula is C6H9BrN3+. The average molecular weight is 203 g/mol. The van der Waals surface area contributed by atoms with Gasteiger partial charge in [-0.2, -0.15) is 0 Å². The van der Waals surface area contributed by atoms with Crippen LogP contribution in [-0.2, 0) is 0 Å². The molecule has 1 rings (SSSR count). The predicted molar refractivity (Wildman–Crippen MR) is 44.3 cm³/mol. The van der Waals surface area contributed by atoms with Crippen molar-refractivity contribution >= 4 is 27.4 Å². The molecule has 0 aliphatic rings. The summed E-state index contributed by atoms with van der Waals surface area (Å²) < 4.78 is 0.944. The Balaban J connectivity index is 3.28. The van der Waals surface area contributed by atoms with Crippen LogP contribution in [0.15, 0.2) is 10.5 Å². The molecule has 0 amide bonds.